The zero-order valence-electron chi connectivity index (χ0n) is 45.9. The first kappa shape index (κ1) is 65.6. The second-order valence-electron chi connectivity index (χ2n) is 20.8. The van der Waals surface area contributed by atoms with Gasteiger partial charge in [-0.05, 0) is 59.7 Å². The molecule has 0 bridgehead atoms. The van der Waals surface area contributed by atoms with Crippen LogP contribution in [-0.2, 0) is 42.7 Å². The van der Waals surface area contributed by atoms with E-state index in [1.165, 1.54) is 30.3 Å². The fraction of sp³-hybridized carbons (Fsp3) is 0.421. The van der Waals surface area contributed by atoms with Gasteiger partial charge in [0, 0.05) is 30.4 Å². The van der Waals surface area contributed by atoms with E-state index in [2.05, 4.69) is 0 Å². The minimum atomic E-state index is -2.24. The van der Waals surface area contributed by atoms with Gasteiger partial charge in [0.15, 0.2) is 46.9 Å². The predicted octanol–water partition coefficient (Wildman–Crippen LogP) is -3.50. The van der Waals surface area contributed by atoms with Crippen molar-refractivity contribution in [2.24, 2.45) is 0 Å². The van der Waals surface area contributed by atoms with Crippen molar-refractivity contribution in [3.63, 3.8) is 0 Å². The van der Waals surface area contributed by atoms with E-state index in [0.29, 0.717) is 0 Å². The van der Waals surface area contributed by atoms with Gasteiger partial charge >= 0.3 is 23.3 Å². The number of carbonyl (C=O) groups excluding carboxylic acids is 2. The van der Waals surface area contributed by atoms with E-state index in [-0.39, 0.29) is 39.2 Å². The maximum absolute atomic E-state index is 13.1. The van der Waals surface area contributed by atoms with Gasteiger partial charge in [-0.15, -0.1) is 0 Å². The molecule has 1 aromatic heterocycles. The highest BCUT2D eigenvalue weighted by Gasteiger charge is 2.53. The Bertz CT molecular complexity index is 3360. The quantitative estimate of drug-likeness (QED) is 0.0165. The summed E-state index contributed by atoms with van der Waals surface area (Å²) in [5.74, 6) is -7.09. The summed E-state index contributed by atoms with van der Waals surface area (Å²) >= 11 is 0. The number of fused-ring (bicyclic) bond motifs is 1. The molecule has 0 radical (unpaired) electrons. The second-order valence-corrected chi connectivity index (χ2v) is 20.8. The third-order valence-electron chi connectivity index (χ3n) is 14.7. The Hall–Kier alpha value is -7.81. The zero-order chi connectivity index (χ0) is 64.3. The van der Waals surface area contributed by atoms with Crippen molar-refractivity contribution in [1.82, 2.24) is 0 Å². The summed E-state index contributed by atoms with van der Waals surface area (Å²) in [4.78, 5) is 26.1. The van der Waals surface area contributed by atoms with Gasteiger partial charge in [0.25, 0.3) is 0 Å². The molecule has 4 saturated heterocycles. The molecular weight excluding hydrogens is 1200 g/mol. The zero-order valence-corrected chi connectivity index (χ0v) is 45.9. The monoisotopic (exact) mass is 1260 g/mol. The molecule has 5 heterocycles. The Labute approximate surface area is 500 Å². The molecule has 0 spiro atoms. The standard InChI is InChI=1S/C57H62O32/c58-17-35-41(68)45(72)49(76)54(85-35)82-32-15-24(60)14-31-25(32)16-34(52(81-31)23-5-8-27(62)30(65)13-23)84-57-53(48(75)44(71)38(88-57)20-80-39(66)9-3-21-1-6-26(61)29(64)11-21)89-56-51(78)47(74)43(70)37(87-56)19-79-40(67)10-4-22-2-7-28(63)33(12-22)83-55-50(77)46(73)42(69)36(18-59)86-55/h1-16,35-38,41-51,53-59,68-78H,17-20H2,(H5-,60,61,62,63,64,65,66,67)/p+1. The number of hydrogen-bond donors (Lipinski definition) is 19. The summed E-state index contributed by atoms with van der Waals surface area (Å²) in [6.07, 6.45) is -34.0. The summed E-state index contributed by atoms with van der Waals surface area (Å²) in [6.45, 7) is -3.38. The minimum Gasteiger partial charge on any atom is -0.507 e. The second kappa shape index (κ2) is 27.9. The number of phenolic OH excluding ortho intramolecular Hbond substituents is 6. The summed E-state index contributed by atoms with van der Waals surface area (Å²) in [6, 6.07) is 13.7. The molecule has 32 nitrogen and oxygen atoms in total. The third-order valence-corrected chi connectivity index (χ3v) is 14.7. The molecule has 5 aromatic rings. The van der Waals surface area contributed by atoms with E-state index in [0.717, 1.165) is 66.8 Å². The Morgan fingerprint density at radius 2 is 0.899 bits per heavy atom. The average molecular weight is 1260 g/mol. The number of benzene rings is 4. The Morgan fingerprint density at radius 1 is 0.438 bits per heavy atom. The molecule has 4 aromatic carbocycles. The predicted molar refractivity (Wildman–Crippen MR) is 291 cm³/mol. The normalized spacial score (nSPS) is 32.4. The molecular formula is C57H63O32+. The highest BCUT2D eigenvalue weighted by Crippen LogP contribution is 2.44. The van der Waals surface area contributed by atoms with Crippen molar-refractivity contribution >= 4 is 35.1 Å². The number of rotatable bonds is 19. The SMILES string of the molecule is O=C(C=Cc1ccc(O)c(OC2OC(CO)C(O)C(O)C2O)c1)OCC1OC(OC2C(Oc3cc4c(OC5OC(CO)C(O)C(O)C5O)cc(O)cc4[o+]c3-c3ccc(O)c(O)c3)OC(COC(=O)C=Cc3ccc(O)c(O)c3)C(O)C2O)C(O)C(O)C1O. The molecule has 0 aliphatic carbocycles. The van der Waals surface area contributed by atoms with Crippen LogP contribution in [0.15, 0.2) is 89.4 Å². The van der Waals surface area contributed by atoms with E-state index in [9.17, 15) is 107 Å². The van der Waals surface area contributed by atoms with Crippen molar-refractivity contribution < 1.29 is 158 Å². The molecule has 32 heteroatoms. The number of aliphatic hydroxyl groups excluding tert-OH is 13. The van der Waals surface area contributed by atoms with Gasteiger partial charge in [-0.25, -0.2) is 14.0 Å². The van der Waals surface area contributed by atoms with Crippen molar-refractivity contribution in [2.45, 2.75) is 123 Å². The summed E-state index contributed by atoms with van der Waals surface area (Å²) in [7, 11) is 0. The number of ether oxygens (including phenoxy) is 10. The van der Waals surface area contributed by atoms with Crippen LogP contribution in [0.2, 0.25) is 0 Å². The van der Waals surface area contributed by atoms with Gasteiger partial charge < -0.3 is 144 Å². The Morgan fingerprint density at radius 3 is 1.45 bits per heavy atom. The number of phenols is 6. The molecule has 4 aliphatic heterocycles. The van der Waals surface area contributed by atoms with Crippen LogP contribution in [0.4, 0.5) is 0 Å². The Balaban J connectivity index is 0.992. The smallest absolute Gasteiger partial charge is 0.402 e. The summed E-state index contributed by atoms with van der Waals surface area (Å²) in [5, 5.41) is 201. The van der Waals surface area contributed by atoms with E-state index in [1.54, 1.807) is 0 Å². The fourth-order valence-corrected chi connectivity index (χ4v) is 9.66. The average Bonchev–Trinajstić information content (AvgIpc) is 1.10. The van der Waals surface area contributed by atoms with E-state index >= 15 is 0 Å². The maximum atomic E-state index is 13.1. The van der Waals surface area contributed by atoms with E-state index in [4.69, 9.17) is 51.8 Å². The highest BCUT2D eigenvalue weighted by atomic mass is 16.8. The van der Waals surface area contributed by atoms with Crippen molar-refractivity contribution in [3.8, 4) is 63.1 Å². The van der Waals surface area contributed by atoms with Crippen LogP contribution in [0.5, 0.6) is 51.7 Å². The molecule has 20 unspecified atom stereocenters. The first-order valence-corrected chi connectivity index (χ1v) is 27.0. The molecule has 20 atom stereocenters. The van der Waals surface area contributed by atoms with Gasteiger partial charge in [-0.2, -0.15) is 0 Å². The van der Waals surface area contributed by atoms with Crippen LogP contribution in [0.3, 0.4) is 0 Å². The van der Waals surface area contributed by atoms with Crippen molar-refractivity contribution in [2.75, 3.05) is 26.4 Å². The summed E-state index contributed by atoms with van der Waals surface area (Å²) < 4.78 is 63.4. The topological polar surface area (TPSA) is 522 Å². The lowest BCUT2D eigenvalue weighted by molar-refractivity contribution is -0.358. The van der Waals surface area contributed by atoms with Gasteiger partial charge in [-0.1, -0.05) is 12.1 Å². The molecule has 0 amide bonds. The van der Waals surface area contributed by atoms with E-state index < -0.39 is 207 Å². The van der Waals surface area contributed by atoms with Crippen LogP contribution in [0, 0.1) is 0 Å². The third kappa shape index (κ3) is 14.6. The molecule has 4 aliphatic rings. The van der Waals surface area contributed by atoms with Gasteiger partial charge in [0.1, 0.15) is 122 Å². The molecule has 89 heavy (non-hydrogen) atoms. The molecule has 0 saturated carbocycles. The first-order chi connectivity index (χ1) is 42.3. The number of esters is 2. The lowest BCUT2D eigenvalue weighted by Gasteiger charge is -2.45. The fourth-order valence-electron chi connectivity index (χ4n) is 9.66. The molecule has 482 valence electrons. The lowest BCUT2D eigenvalue weighted by atomic mass is 9.97. The largest absolute Gasteiger partial charge is 0.507 e. The maximum Gasteiger partial charge on any atom is 0.402 e. The minimum absolute atomic E-state index is 0.0888. The van der Waals surface area contributed by atoms with Crippen LogP contribution in [-0.4, -0.2) is 258 Å². The number of hydrogen-bond acceptors (Lipinski definition) is 31. The van der Waals surface area contributed by atoms with Gasteiger partial charge in [0.2, 0.25) is 24.6 Å². The molecule has 19 N–H and O–H groups in total. The van der Waals surface area contributed by atoms with Crippen molar-refractivity contribution in [1.29, 1.82) is 0 Å². The lowest BCUT2D eigenvalue weighted by Crippen LogP contribution is -2.65. The van der Waals surface area contributed by atoms with Crippen LogP contribution in [0.1, 0.15) is 11.1 Å². The first-order valence-electron chi connectivity index (χ1n) is 27.0. The molecule has 4 fully saturated rings. The highest BCUT2D eigenvalue weighted by molar-refractivity contribution is 5.89. The Kier molecular flexibility index (Phi) is 20.6. The van der Waals surface area contributed by atoms with Crippen LogP contribution >= 0.6 is 0 Å². The van der Waals surface area contributed by atoms with Gasteiger partial charge in [-0.3, -0.25) is 0 Å². The number of aromatic hydroxyl groups is 6. The molecule has 9 rings (SSSR count). The van der Waals surface area contributed by atoms with E-state index in [1.807, 2.05) is 0 Å². The van der Waals surface area contributed by atoms with Crippen LogP contribution < -0.4 is 14.2 Å². The van der Waals surface area contributed by atoms with Crippen molar-refractivity contribution in [3.05, 3.63) is 96.1 Å². The summed E-state index contributed by atoms with van der Waals surface area (Å²) in [5.41, 5.74) is 0.0494. The number of aliphatic hydroxyl groups is 13. The number of carbonyl (C=O) groups is 2. The van der Waals surface area contributed by atoms with Crippen LogP contribution in [0.25, 0.3) is 34.4 Å². The van der Waals surface area contributed by atoms with Gasteiger partial charge in [0.05, 0.1) is 24.8 Å².